The Morgan fingerprint density at radius 1 is 1.27 bits per heavy atom. The number of hydrazine groups is 1. The third kappa shape index (κ3) is 1.36. The minimum atomic E-state index is -1.27. The largest absolute Gasteiger partial charge is 0.304 e. The van der Waals surface area contributed by atoms with E-state index in [9.17, 15) is 8.78 Å². The van der Waals surface area contributed by atoms with Gasteiger partial charge in [-0.2, -0.15) is 4.39 Å². The summed E-state index contributed by atoms with van der Waals surface area (Å²) in [5.41, 5.74) is 1.82. The zero-order chi connectivity index (χ0) is 8.43. The molecule has 0 aliphatic rings. The van der Waals surface area contributed by atoms with Gasteiger partial charge in [0, 0.05) is 0 Å². The second-order valence-corrected chi connectivity index (χ2v) is 1.97. The summed E-state index contributed by atoms with van der Waals surface area (Å²) in [4.78, 5) is 0. The molecule has 0 saturated carbocycles. The predicted octanol–water partition coefficient (Wildman–Crippen LogP) is 0.694. The van der Waals surface area contributed by atoms with E-state index in [4.69, 9.17) is 17.4 Å². The molecular weight excluding hydrogens is 178 g/mol. The van der Waals surface area contributed by atoms with Crippen LogP contribution in [-0.2, 0) is 0 Å². The van der Waals surface area contributed by atoms with Crippen LogP contribution in [0.2, 0.25) is 5.15 Å². The molecule has 1 rings (SSSR count). The Balaban J connectivity index is 3.25. The monoisotopic (exact) mass is 180 g/mol. The van der Waals surface area contributed by atoms with Crippen LogP contribution < -0.4 is 11.3 Å². The lowest BCUT2D eigenvalue weighted by atomic mass is 10.5. The average Bonchev–Trinajstić information content (AvgIpc) is 2.01. The van der Waals surface area contributed by atoms with Crippen molar-refractivity contribution in [3.8, 4) is 0 Å². The Kier molecular flexibility index (Phi) is 2.16. The first-order valence-electron chi connectivity index (χ1n) is 2.50. The quantitative estimate of drug-likeness (QED) is 0.493. The number of rotatable bonds is 1. The Hall–Kier alpha value is -1.01. The van der Waals surface area contributed by atoms with Crippen LogP contribution in [-0.4, -0.2) is 10.2 Å². The molecule has 0 spiro atoms. The van der Waals surface area contributed by atoms with E-state index < -0.39 is 22.6 Å². The second-order valence-electron chi connectivity index (χ2n) is 1.61. The topological polar surface area (TPSA) is 63.8 Å². The fourth-order valence-electron chi connectivity index (χ4n) is 0.468. The molecule has 0 aliphatic heterocycles. The summed E-state index contributed by atoms with van der Waals surface area (Å²) in [7, 11) is 0. The molecule has 0 saturated heterocycles. The summed E-state index contributed by atoms with van der Waals surface area (Å²) in [5.74, 6) is 1.78. The van der Waals surface area contributed by atoms with E-state index in [1.807, 2.05) is 5.43 Å². The maximum absolute atomic E-state index is 12.6. The van der Waals surface area contributed by atoms with Gasteiger partial charge in [0.05, 0.1) is 0 Å². The molecule has 1 aromatic rings. The third-order valence-corrected chi connectivity index (χ3v) is 1.20. The molecule has 0 radical (unpaired) electrons. The molecule has 7 heteroatoms. The van der Waals surface area contributed by atoms with Crippen LogP contribution >= 0.6 is 11.6 Å². The van der Waals surface area contributed by atoms with E-state index in [-0.39, 0.29) is 0 Å². The average molecular weight is 181 g/mol. The Bertz CT molecular complexity index is 279. The Morgan fingerprint density at radius 3 is 2.45 bits per heavy atom. The number of nitrogens with two attached hydrogens (primary N) is 1. The van der Waals surface area contributed by atoms with E-state index in [1.165, 1.54) is 0 Å². The van der Waals surface area contributed by atoms with Crippen LogP contribution in [0.4, 0.5) is 14.6 Å². The van der Waals surface area contributed by atoms with Crippen molar-refractivity contribution in [1.82, 2.24) is 10.2 Å². The van der Waals surface area contributed by atoms with E-state index in [0.29, 0.717) is 0 Å². The first kappa shape index (κ1) is 8.09. The van der Waals surface area contributed by atoms with Crippen molar-refractivity contribution < 1.29 is 8.78 Å². The van der Waals surface area contributed by atoms with Gasteiger partial charge in [0.1, 0.15) is 0 Å². The summed E-state index contributed by atoms with van der Waals surface area (Å²) < 4.78 is 25.0. The lowest BCUT2D eigenvalue weighted by Gasteiger charge is -1.99. The number of nitrogens with one attached hydrogen (secondary N) is 1. The third-order valence-electron chi connectivity index (χ3n) is 0.956. The van der Waals surface area contributed by atoms with Crippen LogP contribution in [0.25, 0.3) is 0 Å². The number of aromatic nitrogens is 2. The number of nitrogens with zero attached hydrogens (tertiary/aromatic N) is 2. The molecule has 1 heterocycles. The van der Waals surface area contributed by atoms with Crippen molar-refractivity contribution >= 4 is 17.4 Å². The summed E-state index contributed by atoms with van der Waals surface area (Å²) >= 11 is 5.09. The summed E-state index contributed by atoms with van der Waals surface area (Å²) in [6.07, 6.45) is 0. The van der Waals surface area contributed by atoms with E-state index >= 15 is 0 Å². The standard InChI is InChI=1S/C4H3ClF2N4/c5-3-1(6)2(7)4(9-8)11-10-3/h8H2,(H,9,11). The Labute approximate surface area is 65.3 Å². The number of halogens is 3. The minimum Gasteiger partial charge on any atom is -0.304 e. The van der Waals surface area contributed by atoms with Crippen molar-refractivity contribution in [2.75, 3.05) is 5.43 Å². The first-order chi connectivity index (χ1) is 5.16. The van der Waals surface area contributed by atoms with Crippen LogP contribution in [0.3, 0.4) is 0 Å². The highest BCUT2D eigenvalue weighted by atomic mass is 35.5. The normalized spacial score (nSPS) is 9.82. The van der Waals surface area contributed by atoms with Gasteiger partial charge in [-0.05, 0) is 0 Å². The number of hydrogen-bond acceptors (Lipinski definition) is 4. The van der Waals surface area contributed by atoms with Gasteiger partial charge in [-0.25, -0.2) is 10.2 Å². The summed E-state index contributed by atoms with van der Waals surface area (Å²) in [6, 6.07) is 0. The van der Waals surface area contributed by atoms with Gasteiger partial charge in [-0.3, -0.25) is 0 Å². The summed E-state index contributed by atoms with van der Waals surface area (Å²) in [6.45, 7) is 0. The maximum Gasteiger partial charge on any atom is 0.207 e. The zero-order valence-electron chi connectivity index (χ0n) is 5.11. The van der Waals surface area contributed by atoms with Crippen molar-refractivity contribution in [1.29, 1.82) is 0 Å². The van der Waals surface area contributed by atoms with E-state index in [1.54, 1.807) is 0 Å². The van der Waals surface area contributed by atoms with Crippen molar-refractivity contribution in [3.63, 3.8) is 0 Å². The van der Waals surface area contributed by atoms with Crippen LogP contribution in [0.1, 0.15) is 0 Å². The molecule has 0 amide bonds. The highest BCUT2D eigenvalue weighted by Crippen LogP contribution is 2.17. The van der Waals surface area contributed by atoms with Crippen molar-refractivity contribution in [2.45, 2.75) is 0 Å². The fraction of sp³-hybridized carbons (Fsp3) is 0. The minimum absolute atomic E-state index is 0.480. The van der Waals surface area contributed by atoms with Gasteiger partial charge in [-0.15, -0.1) is 10.2 Å². The number of hydrogen-bond donors (Lipinski definition) is 2. The SMILES string of the molecule is NNc1nnc(Cl)c(F)c1F. The first-order valence-corrected chi connectivity index (χ1v) is 2.88. The molecule has 0 aliphatic carbocycles. The van der Waals surface area contributed by atoms with Gasteiger partial charge in [0.15, 0.2) is 5.15 Å². The zero-order valence-corrected chi connectivity index (χ0v) is 5.86. The Morgan fingerprint density at radius 2 is 1.91 bits per heavy atom. The molecule has 4 nitrogen and oxygen atoms in total. The molecule has 0 aromatic carbocycles. The molecule has 0 unspecified atom stereocenters. The fourth-order valence-corrected chi connectivity index (χ4v) is 0.589. The van der Waals surface area contributed by atoms with Crippen molar-refractivity contribution in [3.05, 3.63) is 16.8 Å². The van der Waals surface area contributed by atoms with Crippen LogP contribution in [0, 0.1) is 11.6 Å². The van der Waals surface area contributed by atoms with Gasteiger partial charge >= 0.3 is 0 Å². The molecule has 11 heavy (non-hydrogen) atoms. The second kappa shape index (κ2) is 2.93. The van der Waals surface area contributed by atoms with Gasteiger partial charge in [0.2, 0.25) is 17.5 Å². The predicted molar refractivity (Wildman–Crippen MR) is 34.8 cm³/mol. The maximum atomic E-state index is 12.6. The highest BCUT2D eigenvalue weighted by molar-refractivity contribution is 6.29. The lowest BCUT2D eigenvalue weighted by molar-refractivity contribution is 0.499. The van der Waals surface area contributed by atoms with E-state index in [2.05, 4.69) is 10.2 Å². The molecule has 0 atom stereocenters. The smallest absolute Gasteiger partial charge is 0.207 e. The van der Waals surface area contributed by atoms with Gasteiger partial charge < -0.3 is 5.43 Å². The molecule has 0 bridgehead atoms. The van der Waals surface area contributed by atoms with Gasteiger partial charge in [-0.1, -0.05) is 11.6 Å². The highest BCUT2D eigenvalue weighted by Gasteiger charge is 2.13. The number of nitrogen functional groups attached to an aromatic ring is 1. The van der Waals surface area contributed by atoms with Crippen LogP contribution in [0.15, 0.2) is 0 Å². The molecule has 1 aromatic heterocycles. The molecule has 60 valence electrons. The molecule has 0 fully saturated rings. The number of anilines is 1. The molecular formula is C4H3ClF2N4. The van der Waals surface area contributed by atoms with Gasteiger partial charge in [0.25, 0.3) is 0 Å². The van der Waals surface area contributed by atoms with Crippen LogP contribution in [0.5, 0.6) is 0 Å². The summed E-state index contributed by atoms with van der Waals surface area (Å²) in [5, 5.41) is 5.57. The van der Waals surface area contributed by atoms with E-state index in [0.717, 1.165) is 0 Å². The lowest BCUT2D eigenvalue weighted by Crippen LogP contribution is -2.12. The van der Waals surface area contributed by atoms with Crippen molar-refractivity contribution in [2.24, 2.45) is 5.84 Å². The molecule has 3 N–H and O–H groups in total.